The van der Waals surface area contributed by atoms with Gasteiger partial charge in [-0.15, -0.1) is 5.06 Å². The molecule has 1 saturated heterocycles. The van der Waals surface area contributed by atoms with Crippen molar-refractivity contribution >= 4 is 0 Å². The molecule has 1 fully saturated rings. The molecular weight excluding hydrogens is 168 g/mol. The molecule has 70 valence electrons. The molecule has 13 heavy (non-hydrogen) atoms. The molecule has 0 aliphatic carbocycles. The first-order valence-corrected chi connectivity index (χ1v) is 4.36. The summed E-state index contributed by atoms with van der Waals surface area (Å²) in [4.78, 5) is 13.4. The van der Waals surface area contributed by atoms with Crippen molar-refractivity contribution in [3.63, 3.8) is 0 Å². The highest BCUT2D eigenvalue weighted by Gasteiger charge is 2.11. The summed E-state index contributed by atoms with van der Waals surface area (Å²) in [5, 5.41) is 5.10. The zero-order valence-corrected chi connectivity index (χ0v) is 7.31. The summed E-state index contributed by atoms with van der Waals surface area (Å²) in [7, 11) is 0. The van der Waals surface area contributed by atoms with Gasteiger partial charge in [-0.05, 0) is 6.07 Å². The standard InChI is InChI=1S/C8H12N4O/c1-2-10-8(11-3-1)13-12-6-4-9-5-7-12/h1-3,9H,4-7H2. The zero-order valence-electron chi connectivity index (χ0n) is 7.31. The first kappa shape index (κ1) is 8.40. The Morgan fingerprint density at radius 3 is 2.62 bits per heavy atom. The van der Waals surface area contributed by atoms with Crippen LogP contribution in [0.4, 0.5) is 0 Å². The van der Waals surface area contributed by atoms with Gasteiger partial charge in [0, 0.05) is 38.6 Å². The minimum absolute atomic E-state index is 0.421. The van der Waals surface area contributed by atoms with Crippen LogP contribution in [-0.2, 0) is 0 Å². The molecule has 2 rings (SSSR count). The molecule has 1 aromatic heterocycles. The zero-order chi connectivity index (χ0) is 8.93. The quantitative estimate of drug-likeness (QED) is 0.675. The Hall–Kier alpha value is -1.20. The lowest BCUT2D eigenvalue weighted by Crippen LogP contribution is -2.45. The van der Waals surface area contributed by atoms with E-state index in [1.807, 2.05) is 5.06 Å². The maximum Gasteiger partial charge on any atom is 0.335 e. The van der Waals surface area contributed by atoms with Gasteiger partial charge in [-0.3, -0.25) is 0 Å². The molecule has 1 aliphatic rings. The van der Waals surface area contributed by atoms with Crippen LogP contribution in [0.5, 0.6) is 6.01 Å². The molecule has 0 bridgehead atoms. The molecule has 0 spiro atoms. The van der Waals surface area contributed by atoms with Gasteiger partial charge < -0.3 is 10.2 Å². The summed E-state index contributed by atoms with van der Waals surface area (Å²) in [6.07, 6.45) is 3.34. The van der Waals surface area contributed by atoms with Gasteiger partial charge in [-0.2, -0.15) is 0 Å². The third-order valence-corrected chi connectivity index (χ3v) is 1.83. The van der Waals surface area contributed by atoms with Crippen molar-refractivity contribution in [2.24, 2.45) is 0 Å². The minimum atomic E-state index is 0.421. The van der Waals surface area contributed by atoms with Gasteiger partial charge in [-0.1, -0.05) is 0 Å². The molecular formula is C8H12N4O. The van der Waals surface area contributed by atoms with Crippen LogP contribution >= 0.6 is 0 Å². The van der Waals surface area contributed by atoms with E-state index in [0.29, 0.717) is 6.01 Å². The van der Waals surface area contributed by atoms with Crippen LogP contribution in [0.3, 0.4) is 0 Å². The van der Waals surface area contributed by atoms with Crippen LogP contribution in [0.15, 0.2) is 18.5 Å². The average molecular weight is 180 g/mol. The van der Waals surface area contributed by atoms with Crippen LogP contribution in [0, 0.1) is 0 Å². The first-order valence-electron chi connectivity index (χ1n) is 4.36. The highest BCUT2D eigenvalue weighted by molar-refractivity contribution is 4.92. The van der Waals surface area contributed by atoms with Gasteiger partial charge in [0.15, 0.2) is 0 Å². The molecule has 0 saturated carbocycles. The Morgan fingerprint density at radius 2 is 1.92 bits per heavy atom. The third kappa shape index (κ3) is 2.37. The number of hydroxylamine groups is 2. The van der Waals surface area contributed by atoms with Crippen molar-refractivity contribution in [3.8, 4) is 6.01 Å². The lowest BCUT2D eigenvalue weighted by molar-refractivity contribution is -0.0745. The van der Waals surface area contributed by atoms with Crippen LogP contribution in [0.2, 0.25) is 0 Å². The molecule has 1 aliphatic heterocycles. The topological polar surface area (TPSA) is 50.3 Å². The number of rotatable bonds is 2. The smallest absolute Gasteiger partial charge is 0.335 e. The molecule has 0 amide bonds. The minimum Gasteiger partial charge on any atom is -0.365 e. The summed E-state index contributed by atoms with van der Waals surface area (Å²) in [6.45, 7) is 3.65. The molecule has 1 aromatic rings. The van der Waals surface area contributed by atoms with Crippen LogP contribution < -0.4 is 10.2 Å². The van der Waals surface area contributed by atoms with E-state index in [1.165, 1.54) is 0 Å². The fourth-order valence-corrected chi connectivity index (χ4v) is 1.18. The predicted molar refractivity (Wildman–Crippen MR) is 47.1 cm³/mol. The number of piperazine rings is 1. The Balaban J connectivity index is 1.90. The van der Waals surface area contributed by atoms with Crippen LogP contribution in [0.1, 0.15) is 0 Å². The van der Waals surface area contributed by atoms with E-state index in [9.17, 15) is 0 Å². The van der Waals surface area contributed by atoms with Gasteiger partial charge in [0.25, 0.3) is 0 Å². The van der Waals surface area contributed by atoms with E-state index in [-0.39, 0.29) is 0 Å². The molecule has 5 nitrogen and oxygen atoms in total. The fourth-order valence-electron chi connectivity index (χ4n) is 1.18. The summed E-state index contributed by atoms with van der Waals surface area (Å²) in [5.74, 6) is 0. The lowest BCUT2D eigenvalue weighted by atomic mass is 10.4. The summed E-state index contributed by atoms with van der Waals surface area (Å²) >= 11 is 0. The summed E-state index contributed by atoms with van der Waals surface area (Å²) < 4.78 is 0. The van der Waals surface area contributed by atoms with E-state index in [4.69, 9.17) is 4.84 Å². The highest BCUT2D eigenvalue weighted by atomic mass is 16.7. The molecule has 1 N–H and O–H groups in total. The van der Waals surface area contributed by atoms with Gasteiger partial charge in [0.05, 0.1) is 0 Å². The maximum absolute atomic E-state index is 5.43. The maximum atomic E-state index is 5.43. The Kier molecular flexibility index (Phi) is 2.68. The first-order chi connectivity index (χ1) is 6.45. The second-order valence-corrected chi connectivity index (χ2v) is 2.80. The van der Waals surface area contributed by atoms with Gasteiger partial charge in [0.1, 0.15) is 0 Å². The second-order valence-electron chi connectivity index (χ2n) is 2.80. The van der Waals surface area contributed by atoms with Gasteiger partial charge in [0.2, 0.25) is 0 Å². The lowest BCUT2D eigenvalue weighted by Gasteiger charge is -2.25. The van der Waals surface area contributed by atoms with E-state index < -0.39 is 0 Å². The SMILES string of the molecule is c1cnc(ON2CCNCC2)nc1. The number of nitrogens with one attached hydrogen (secondary N) is 1. The summed E-state index contributed by atoms with van der Waals surface area (Å²) in [5.41, 5.74) is 0. The number of hydrogen-bond acceptors (Lipinski definition) is 5. The van der Waals surface area contributed by atoms with Crippen molar-refractivity contribution < 1.29 is 4.84 Å². The largest absolute Gasteiger partial charge is 0.365 e. The van der Waals surface area contributed by atoms with Crippen LogP contribution in [-0.4, -0.2) is 41.2 Å². The average Bonchev–Trinajstić information content (AvgIpc) is 2.21. The van der Waals surface area contributed by atoms with Gasteiger partial charge in [-0.25, -0.2) is 9.97 Å². The van der Waals surface area contributed by atoms with Crippen molar-refractivity contribution in [2.75, 3.05) is 26.2 Å². The monoisotopic (exact) mass is 180 g/mol. The molecule has 0 radical (unpaired) electrons. The second kappa shape index (κ2) is 4.15. The van der Waals surface area contributed by atoms with E-state index >= 15 is 0 Å². The predicted octanol–water partition coefficient (Wildman–Crippen LogP) is -0.324. The third-order valence-electron chi connectivity index (χ3n) is 1.83. The Labute approximate surface area is 76.7 Å². The van der Waals surface area contributed by atoms with E-state index in [2.05, 4.69) is 15.3 Å². The number of nitrogens with zero attached hydrogens (tertiary/aromatic N) is 3. The van der Waals surface area contributed by atoms with Crippen molar-refractivity contribution in [1.29, 1.82) is 0 Å². The number of hydrogen-bond donors (Lipinski definition) is 1. The number of aromatic nitrogens is 2. The van der Waals surface area contributed by atoms with Gasteiger partial charge >= 0.3 is 6.01 Å². The van der Waals surface area contributed by atoms with Crippen LogP contribution in [0.25, 0.3) is 0 Å². The van der Waals surface area contributed by atoms with Crippen molar-refractivity contribution in [2.45, 2.75) is 0 Å². The van der Waals surface area contributed by atoms with E-state index in [0.717, 1.165) is 26.2 Å². The summed E-state index contributed by atoms with van der Waals surface area (Å²) in [6, 6.07) is 2.19. The Morgan fingerprint density at radius 1 is 1.23 bits per heavy atom. The van der Waals surface area contributed by atoms with Crippen molar-refractivity contribution in [1.82, 2.24) is 20.3 Å². The van der Waals surface area contributed by atoms with E-state index in [1.54, 1.807) is 18.5 Å². The molecule has 2 heterocycles. The highest BCUT2D eigenvalue weighted by Crippen LogP contribution is 2.01. The fraction of sp³-hybridized carbons (Fsp3) is 0.500. The normalized spacial score (nSPS) is 18.5. The molecule has 0 unspecified atom stereocenters. The molecule has 0 aromatic carbocycles. The van der Waals surface area contributed by atoms with Crippen molar-refractivity contribution in [3.05, 3.63) is 18.5 Å². The molecule has 0 atom stereocenters. The Bertz CT molecular complexity index is 248. The molecule has 5 heteroatoms.